The van der Waals surface area contributed by atoms with Crippen LogP contribution in [-0.2, 0) is 9.59 Å². The molecule has 0 bridgehead atoms. The van der Waals surface area contributed by atoms with Crippen LogP contribution in [0.15, 0.2) is 42.5 Å². The fraction of sp³-hybridized carbons (Fsp3) is 0.222. The number of hydrogen-bond donors (Lipinski definition) is 3. The predicted molar refractivity (Wildman–Crippen MR) is 95.5 cm³/mol. The predicted octanol–water partition coefficient (Wildman–Crippen LogP) is 4.14. The molecular weight excluding hydrogens is 328 g/mol. The molecule has 0 saturated carbocycles. The normalized spacial score (nSPS) is 11.6. The van der Waals surface area contributed by atoms with Gasteiger partial charge in [0.15, 0.2) is 0 Å². The Morgan fingerprint density at radius 1 is 1.08 bits per heavy atom. The fourth-order valence-electron chi connectivity index (χ4n) is 2.23. The van der Waals surface area contributed by atoms with E-state index >= 15 is 0 Å². The van der Waals surface area contributed by atoms with E-state index in [0.29, 0.717) is 10.7 Å². The molecule has 0 heterocycles. The maximum Gasteiger partial charge on any atom is 0.314 e. The standard InChI is InChI=1S/C18H19ClN2O3/c1-3-11(2)13-6-4-5-7-14(13)20-17(23)18(24)21-15-10-12(19)8-9-16(15)22/h4-11,22H,3H2,1-2H3,(H,20,23)(H,21,24). The van der Waals surface area contributed by atoms with Crippen LogP contribution in [0.25, 0.3) is 0 Å². The van der Waals surface area contributed by atoms with Crippen LogP contribution in [0.3, 0.4) is 0 Å². The minimum Gasteiger partial charge on any atom is -0.506 e. The Morgan fingerprint density at radius 3 is 2.38 bits per heavy atom. The monoisotopic (exact) mass is 346 g/mol. The first-order valence-corrected chi connectivity index (χ1v) is 8.00. The molecule has 0 saturated heterocycles. The number of halogens is 1. The quantitative estimate of drug-likeness (QED) is 0.575. The first-order chi connectivity index (χ1) is 11.4. The lowest BCUT2D eigenvalue weighted by Gasteiger charge is -2.15. The van der Waals surface area contributed by atoms with E-state index in [2.05, 4.69) is 24.5 Å². The second-order valence-electron chi connectivity index (χ2n) is 5.47. The molecule has 0 radical (unpaired) electrons. The van der Waals surface area contributed by atoms with Crippen LogP contribution < -0.4 is 10.6 Å². The molecule has 1 unspecified atom stereocenters. The van der Waals surface area contributed by atoms with Gasteiger partial charge in [0, 0.05) is 10.7 Å². The van der Waals surface area contributed by atoms with Gasteiger partial charge in [0.25, 0.3) is 0 Å². The zero-order valence-electron chi connectivity index (χ0n) is 13.5. The van der Waals surface area contributed by atoms with E-state index in [4.69, 9.17) is 11.6 Å². The Morgan fingerprint density at radius 2 is 1.71 bits per heavy atom. The van der Waals surface area contributed by atoms with Crippen LogP contribution in [-0.4, -0.2) is 16.9 Å². The highest BCUT2D eigenvalue weighted by atomic mass is 35.5. The van der Waals surface area contributed by atoms with Crippen molar-refractivity contribution in [3.8, 4) is 5.75 Å². The zero-order chi connectivity index (χ0) is 17.7. The van der Waals surface area contributed by atoms with E-state index in [0.717, 1.165) is 12.0 Å². The van der Waals surface area contributed by atoms with Gasteiger partial charge in [-0.15, -0.1) is 0 Å². The average Bonchev–Trinajstić information content (AvgIpc) is 2.57. The van der Waals surface area contributed by atoms with Gasteiger partial charge in [-0.25, -0.2) is 0 Å². The molecule has 24 heavy (non-hydrogen) atoms. The third-order valence-electron chi connectivity index (χ3n) is 3.77. The summed E-state index contributed by atoms with van der Waals surface area (Å²) in [5, 5.41) is 15.0. The van der Waals surface area contributed by atoms with E-state index in [1.54, 1.807) is 12.1 Å². The number of phenolic OH excluding ortho intramolecular Hbond substituents is 1. The van der Waals surface area contributed by atoms with Crippen molar-refractivity contribution in [2.75, 3.05) is 10.6 Å². The second-order valence-corrected chi connectivity index (χ2v) is 5.90. The SMILES string of the molecule is CCC(C)c1ccccc1NC(=O)C(=O)Nc1cc(Cl)ccc1O. The number of nitrogens with one attached hydrogen (secondary N) is 2. The molecule has 2 aromatic carbocycles. The molecule has 0 spiro atoms. The van der Waals surface area contributed by atoms with E-state index in [-0.39, 0.29) is 17.4 Å². The maximum absolute atomic E-state index is 12.1. The Balaban J connectivity index is 2.13. The molecule has 0 fully saturated rings. The van der Waals surface area contributed by atoms with E-state index in [1.165, 1.54) is 18.2 Å². The largest absolute Gasteiger partial charge is 0.506 e. The third kappa shape index (κ3) is 4.26. The maximum atomic E-state index is 12.1. The van der Waals surface area contributed by atoms with Crippen LogP contribution in [0.5, 0.6) is 5.75 Å². The molecule has 3 N–H and O–H groups in total. The number of carbonyl (C=O) groups is 2. The highest BCUT2D eigenvalue weighted by Crippen LogP contribution is 2.28. The number of anilines is 2. The Bertz CT molecular complexity index is 762. The van der Waals surface area contributed by atoms with Gasteiger partial charge in [-0.1, -0.05) is 43.6 Å². The highest BCUT2D eigenvalue weighted by Gasteiger charge is 2.18. The lowest BCUT2D eigenvalue weighted by Crippen LogP contribution is -2.29. The summed E-state index contributed by atoms with van der Waals surface area (Å²) in [6, 6.07) is 11.6. The van der Waals surface area contributed by atoms with Gasteiger partial charge >= 0.3 is 11.8 Å². The summed E-state index contributed by atoms with van der Waals surface area (Å²) in [5.74, 6) is -1.61. The van der Waals surface area contributed by atoms with Crippen LogP contribution in [0, 0.1) is 0 Å². The number of aromatic hydroxyl groups is 1. The Labute approximate surface area is 145 Å². The molecule has 0 aliphatic heterocycles. The summed E-state index contributed by atoms with van der Waals surface area (Å²) in [4.78, 5) is 24.2. The number of carbonyl (C=O) groups excluding carboxylic acids is 2. The van der Waals surface area contributed by atoms with Gasteiger partial charge in [-0.3, -0.25) is 9.59 Å². The van der Waals surface area contributed by atoms with Gasteiger partial charge < -0.3 is 15.7 Å². The van der Waals surface area contributed by atoms with Gasteiger partial charge in [-0.2, -0.15) is 0 Å². The summed E-state index contributed by atoms with van der Waals surface area (Å²) in [6.45, 7) is 4.10. The molecule has 2 amide bonds. The van der Waals surface area contributed by atoms with Gasteiger partial charge in [0.1, 0.15) is 5.75 Å². The number of hydrogen-bond acceptors (Lipinski definition) is 3. The Hall–Kier alpha value is -2.53. The van der Waals surface area contributed by atoms with E-state index in [9.17, 15) is 14.7 Å². The second kappa shape index (κ2) is 7.84. The molecule has 0 aliphatic rings. The number of phenols is 1. The Kier molecular flexibility index (Phi) is 5.82. The van der Waals surface area contributed by atoms with Crippen molar-refractivity contribution in [3.63, 3.8) is 0 Å². The van der Waals surface area contributed by atoms with Crippen LogP contribution in [0.1, 0.15) is 31.7 Å². The molecule has 2 rings (SSSR count). The third-order valence-corrected chi connectivity index (χ3v) is 4.00. The molecule has 1 atom stereocenters. The minimum absolute atomic E-state index is 0.0814. The summed E-state index contributed by atoms with van der Waals surface area (Å²) >= 11 is 5.82. The minimum atomic E-state index is -0.883. The topological polar surface area (TPSA) is 78.4 Å². The molecular formula is C18H19ClN2O3. The zero-order valence-corrected chi connectivity index (χ0v) is 14.2. The molecule has 2 aromatic rings. The number of rotatable bonds is 4. The van der Waals surface area contributed by atoms with Crippen LogP contribution >= 0.6 is 11.6 Å². The smallest absolute Gasteiger partial charge is 0.314 e. The molecule has 126 valence electrons. The lowest BCUT2D eigenvalue weighted by atomic mass is 9.97. The lowest BCUT2D eigenvalue weighted by molar-refractivity contribution is -0.133. The van der Waals surface area contributed by atoms with Gasteiger partial charge in [-0.05, 0) is 42.2 Å². The number of para-hydroxylation sites is 1. The van der Waals surface area contributed by atoms with Crippen molar-refractivity contribution in [1.29, 1.82) is 0 Å². The fourth-order valence-corrected chi connectivity index (χ4v) is 2.40. The molecule has 0 aromatic heterocycles. The summed E-state index contributed by atoms with van der Waals surface area (Å²) in [7, 11) is 0. The highest BCUT2D eigenvalue weighted by molar-refractivity contribution is 6.44. The van der Waals surface area contributed by atoms with Crippen molar-refractivity contribution in [2.45, 2.75) is 26.2 Å². The van der Waals surface area contributed by atoms with Crippen molar-refractivity contribution < 1.29 is 14.7 Å². The van der Waals surface area contributed by atoms with Crippen LogP contribution in [0.4, 0.5) is 11.4 Å². The van der Waals surface area contributed by atoms with Gasteiger partial charge in [0.05, 0.1) is 5.69 Å². The average molecular weight is 347 g/mol. The number of benzene rings is 2. The molecule has 5 nitrogen and oxygen atoms in total. The van der Waals surface area contributed by atoms with Crippen molar-refractivity contribution in [3.05, 3.63) is 53.1 Å². The first-order valence-electron chi connectivity index (χ1n) is 7.62. The molecule has 0 aliphatic carbocycles. The van der Waals surface area contributed by atoms with Gasteiger partial charge in [0.2, 0.25) is 0 Å². The summed E-state index contributed by atoms with van der Waals surface area (Å²) in [6.07, 6.45) is 0.912. The van der Waals surface area contributed by atoms with Crippen molar-refractivity contribution >= 4 is 34.8 Å². The van der Waals surface area contributed by atoms with Crippen molar-refractivity contribution in [1.82, 2.24) is 0 Å². The van der Waals surface area contributed by atoms with Crippen molar-refractivity contribution in [2.24, 2.45) is 0 Å². The molecule has 6 heteroatoms. The number of amides is 2. The first kappa shape index (κ1) is 17.8. The van der Waals surface area contributed by atoms with E-state index in [1.807, 2.05) is 12.1 Å². The summed E-state index contributed by atoms with van der Waals surface area (Å²) < 4.78 is 0. The van der Waals surface area contributed by atoms with Crippen LogP contribution in [0.2, 0.25) is 5.02 Å². The summed E-state index contributed by atoms with van der Waals surface area (Å²) in [5.41, 5.74) is 1.65. The van der Waals surface area contributed by atoms with E-state index < -0.39 is 11.8 Å².